The summed E-state index contributed by atoms with van der Waals surface area (Å²) in [4.78, 5) is 3.88. The van der Waals surface area contributed by atoms with E-state index >= 15 is 0 Å². The lowest BCUT2D eigenvalue weighted by atomic mass is 10.3. The Morgan fingerprint density at radius 1 is 1.50 bits per heavy atom. The standard InChI is InChI=1S/C7H3INO/c8-5-1-2-7-6(3-5)9-4-10-7/h1-3H. The lowest BCUT2D eigenvalue weighted by molar-refractivity contribution is 0.591. The number of benzene rings is 1. The zero-order valence-electron chi connectivity index (χ0n) is 4.97. The van der Waals surface area contributed by atoms with Gasteiger partial charge in [-0.05, 0) is 40.8 Å². The molecule has 49 valence electrons. The number of hydrogen-bond donors (Lipinski definition) is 0. The van der Waals surface area contributed by atoms with Crippen molar-refractivity contribution in [2.24, 2.45) is 0 Å². The van der Waals surface area contributed by atoms with Crippen LogP contribution < -0.4 is 0 Å². The van der Waals surface area contributed by atoms with E-state index in [0.29, 0.717) is 0 Å². The van der Waals surface area contributed by atoms with E-state index in [0.717, 1.165) is 14.7 Å². The van der Waals surface area contributed by atoms with E-state index < -0.39 is 0 Å². The van der Waals surface area contributed by atoms with Crippen LogP contribution in [0, 0.1) is 9.96 Å². The quantitative estimate of drug-likeness (QED) is 0.664. The summed E-state index contributed by atoms with van der Waals surface area (Å²) in [6, 6.07) is 5.82. The highest BCUT2D eigenvalue weighted by molar-refractivity contribution is 14.1. The molecular weight excluding hydrogens is 241 g/mol. The maximum Gasteiger partial charge on any atom is 0.284 e. The molecule has 0 aliphatic rings. The van der Waals surface area contributed by atoms with Gasteiger partial charge in [0.15, 0.2) is 5.58 Å². The van der Waals surface area contributed by atoms with Crippen molar-refractivity contribution in [1.82, 2.24) is 4.98 Å². The van der Waals surface area contributed by atoms with Gasteiger partial charge in [0.2, 0.25) is 0 Å². The van der Waals surface area contributed by atoms with Crippen molar-refractivity contribution in [3.8, 4) is 0 Å². The highest BCUT2D eigenvalue weighted by atomic mass is 127. The van der Waals surface area contributed by atoms with Crippen molar-refractivity contribution < 1.29 is 4.42 Å². The SMILES string of the molecule is Ic1ccc2o[c]nc2c1. The summed E-state index contributed by atoms with van der Waals surface area (Å²) >= 11 is 2.23. The molecule has 0 unspecified atom stereocenters. The Hall–Kier alpha value is -0.580. The second-order valence-electron chi connectivity index (χ2n) is 1.92. The van der Waals surface area contributed by atoms with E-state index in [1.807, 2.05) is 18.2 Å². The minimum atomic E-state index is 0.792. The van der Waals surface area contributed by atoms with Crippen LogP contribution in [0.5, 0.6) is 0 Å². The van der Waals surface area contributed by atoms with Crippen LogP contribution in [0.4, 0.5) is 0 Å². The third-order valence-electron chi connectivity index (χ3n) is 1.24. The Balaban J connectivity index is 2.86. The zero-order chi connectivity index (χ0) is 6.97. The first-order valence-corrected chi connectivity index (χ1v) is 3.86. The molecule has 0 bridgehead atoms. The number of halogens is 1. The molecule has 0 atom stereocenters. The molecule has 0 amide bonds. The number of aromatic nitrogens is 1. The summed E-state index contributed by atoms with van der Waals surface area (Å²) in [7, 11) is 0. The van der Waals surface area contributed by atoms with Crippen LogP contribution >= 0.6 is 22.6 Å². The molecule has 0 fully saturated rings. The zero-order valence-corrected chi connectivity index (χ0v) is 7.12. The lowest BCUT2D eigenvalue weighted by Gasteiger charge is -1.85. The molecule has 1 heterocycles. The molecule has 1 aromatic heterocycles. The Bertz CT molecular complexity index is 355. The molecule has 2 nitrogen and oxygen atoms in total. The van der Waals surface area contributed by atoms with Gasteiger partial charge in [0.1, 0.15) is 5.52 Å². The van der Waals surface area contributed by atoms with E-state index in [-0.39, 0.29) is 0 Å². The van der Waals surface area contributed by atoms with Crippen LogP contribution in [0.25, 0.3) is 11.1 Å². The van der Waals surface area contributed by atoms with Gasteiger partial charge in [0, 0.05) is 3.57 Å². The Morgan fingerprint density at radius 3 is 3.30 bits per heavy atom. The van der Waals surface area contributed by atoms with Gasteiger partial charge in [-0.25, -0.2) is 4.98 Å². The Kier molecular flexibility index (Phi) is 1.37. The number of hydrogen-bond acceptors (Lipinski definition) is 2. The first kappa shape index (κ1) is 6.15. The van der Waals surface area contributed by atoms with Crippen molar-refractivity contribution >= 4 is 33.7 Å². The van der Waals surface area contributed by atoms with Gasteiger partial charge >= 0.3 is 0 Å². The third-order valence-corrected chi connectivity index (χ3v) is 1.91. The molecule has 0 N–H and O–H groups in total. The smallest absolute Gasteiger partial charge is 0.284 e. The number of fused-ring (bicyclic) bond motifs is 1. The van der Waals surface area contributed by atoms with Crippen LogP contribution in [0.2, 0.25) is 0 Å². The predicted molar refractivity (Wildman–Crippen MR) is 45.6 cm³/mol. The van der Waals surface area contributed by atoms with E-state index in [1.165, 1.54) is 0 Å². The molecule has 1 aromatic carbocycles. The molecule has 2 rings (SSSR count). The van der Waals surface area contributed by atoms with Crippen LogP contribution in [0.1, 0.15) is 0 Å². The normalized spacial score (nSPS) is 10.5. The molecule has 0 saturated carbocycles. The summed E-state index contributed by atoms with van der Waals surface area (Å²) in [5.74, 6) is 0. The van der Waals surface area contributed by atoms with E-state index in [1.54, 1.807) is 0 Å². The average molecular weight is 244 g/mol. The second-order valence-corrected chi connectivity index (χ2v) is 3.16. The first-order chi connectivity index (χ1) is 4.86. The summed E-state index contributed by atoms with van der Waals surface area (Å²) in [5.41, 5.74) is 1.66. The van der Waals surface area contributed by atoms with Crippen molar-refractivity contribution in [3.05, 3.63) is 28.2 Å². The fourth-order valence-electron chi connectivity index (χ4n) is 0.785. The summed E-state index contributed by atoms with van der Waals surface area (Å²) < 4.78 is 6.09. The highest BCUT2D eigenvalue weighted by Gasteiger charge is 1.96. The second kappa shape index (κ2) is 2.23. The van der Waals surface area contributed by atoms with Crippen LogP contribution in [-0.2, 0) is 0 Å². The minimum absolute atomic E-state index is 0.792. The average Bonchev–Trinajstić information content (AvgIpc) is 2.33. The molecule has 3 heteroatoms. The van der Waals surface area contributed by atoms with Gasteiger partial charge in [0.05, 0.1) is 0 Å². The topological polar surface area (TPSA) is 26.0 Å². The third kappa shape index (κ3) is 0.901. The lowest BCUT2D eigenvalue weighted by Crippen LogP contribution is -1.69. The monoisotopic (exact) mass is 244 g/mol. The largest absolute Gasteiger partial charge is 0.432 e. The Morgan fingerprint density at radius 2 is 2.40 bits per heavy atom. The predicted octanol–water partition coefficient (Wildman–Crippen LogP) is 2.23. The van der Waals surface area contributed by atoms with E-state index in [4.69, 9.17) is 4.42 Å². The molecular formula is C7H3INO. The Labute approximate surface area is 71.4 Å². The fraction of sp³-hybridized carbons (Fsp3) is 0. The fourth-order valence-corrected chi connectivity index (χ4v) is 1.26. The van der Waals surface area contributed by atoms with Crippen molar-refractivity contribution in [2.75, 3.05) is 0 Å². The van der Waals surface area contributed by atoms with Gasteiger partial charge in [0.25, 0.3) is 6.39 Å². The van der Waals surface area contributed by atoms with Crippen LogP contribution in [0.15, 0.2) is 22.6 Å². The minimum Gasteiger partial charge on any atom is -0.432 e. The van der Waals surface area contributed by atoms with Crippen LogP contribution in [0.3, 0.4) is 0 Å². The summed E-state index contributed by atoms with van der Waals surface area (Å²) in [6.45, 7) is 0. The maximum absolute atomic E-state index is 4.93. The summed E-state index contributed by atoms with van der Waals surface area (Å²) in [6.07, 6.45) is 2.44. The number of rotatable bonds is 0. The maximum atomic E-state index is 4.93. The van der Waals surface area contributed by atoms with Crippen molar-refractivity contribution in [3.63, 3.8) is 0 Å². The molecule has 0 saturated heterocycles. The molecule has 2 aromatic rings. The van der Waals surface area contributed by atoms with Crippen molar-refractivity contribution in [2.45, 2.75) is 0 Å². The van der Waals surface area contributed by atoms with E-state index in [2.05, 4.69) is 34.0 Å². The van der Waals surface area contributed by atoms with Gasteiger partial charge in [-0.1, -0.05) is 0 Å². The molecule has 0 aliphatic heterocycles. The highest BCUT2D eigenvalue weighted by Crippen LogP contribution is 2.14. The van der Waals surface area contributed by atoms with E-state index in [9.17, 15) is 0 Å². The molecule has 10 heavy (non-hydrogen) atoms. The molecule has 1 radical (unpaired) electrons. The summed E-state index contributed by atoms with van der Waals surface area (Å²) in [5, 5.41) is 0. The van der Waals surface area contributed by atoms with Gasteiger partial charge in [-0.3, -0.25) is 0 Å². The molecule has 0 spiro atoms. The molecule has 0 aliphatic carbocycles. The first-order valence-electron chi connectivity index (χ1n) is 2.78. The van der Waals surface area contributed by atoms with Gasteiger partial charge < -0.3 is 4.42 Å². The van der Waals surface area contributed by atoms with Crippen molar-refractivity contribution in [1.29, 1.82) is 0 Å². The number of nitrogens with zero attached hydrogens (tertiary/aromatic N) is 1. The van der Waals surface area contributed by atoms with Gasteiger partial charge in [-0.2, -0.15) is 0 Å². The number of oxazole rings is 1. The van der Waals surface area contributed by atoms with Crippen LogP contribution in [-0.4, -0.2) is 4.98 Å². The van der Waals surface area contributed by atoms with Gasteiger partial charge in [-0.15, -0.1) is 0 Å².